The van der Waals surface area contributed by atoms with E-state index >= 15 is 0 Å². The van der Waals surface area contributed by atoms with Gasteiger partial charge in [0.1, 0.15) is 10.8 Å². The Morgan fingerprint density at radius 3 is 2.43 bits per heavy atom. The fourth-order valence-electron chi connectivity index (χ4n) is 3.80. The van der Waals surface area contributed by atoms with Gasteiger partial charge in [-0.15, -0.1) is 11.8 Å². The minimum absolute atomic E-state index is 0.0643. The maximum Gasteiger partial charge on any atom is 0.321 e. The number of nitrogens with zero attached hydrogens (tertiary/aromatic N) is 3. The first-order chi connectivity index (χ1) is 14.5. The van der Waals surface area contributed by atoms with Crippen LogP contribution in [0.3, 0.4) is 0 Å². The summed E-state index contributed by atoms with van der Waals surface area (Å²) in [5.41, 5.74) is 3.42. The molecule has 1 saturated heterocycles. The molecular formula is C23H26N4O2S. The molecule has 0 atom stereocenters. The Kier molecular flexibility index (Phi) is 5.81. The van der Waals surface area contributed by atoms with Gasteiger partial charge in [-0.1, -0.05) is 18.2 Å². The third kappa shape index (κ3) is 4.07. The van der Waals surface area contributed by atoms with Crippen LogP contribution in [0.2, 0.25) is 0 Å². The zero-order valence-electron chi connectivity index (χ0n) is 17.5. The number of carbonyl (C=O) groups excluding carboxylic acids is 1. The van der Waals surface area contributed by atoms with Crippen molar-refractivity contribution in [3.05, 3.63) is 59.7 Å². The summed E-state index contributed by atoms with van der Waals surface area (Å²) in [5, 5.41) is 3.98. The molecule has 0 unspecified atom stereocenters. The number of amides is 2. The fraction of sp³-hybridized carbons (Fsp3) is 0.348. The van der Waals surface area contributed by atoms with Gasteiger partial charge in [0, 0.05) is 37.2 Å². The number of ether oxygens (including phenoxy) is 1. The Morgan fingerprint density at radius 2 is 1.80 bits per heavy atom. The zero-order valence-corrected chi connectivity index (χ0v) is 18.3. The number of likely N-dealkylation sites (tertiary alicyclic amines) is 1. The normalized spacial score (nSPS) is 17.5. The van der Waals surface area contributed by atoms with Gasteiger partial charge < -0.3 is 15.0 Å². The smallest absolute Gasteiger partial charge is 0.321 e. The molecule has 1 fully saturated rings. The van der Waals surface area contributed by atoms with Crippen LogP contribution in [0, 0.1) is 6.92 Å². The molecule has 7 heteroatoms. The fourth-order valence-corrected chi connectivity index (χ4v) is 4.42. The van der Waals surface area contributed by atoms with E-state index in [1.54, 1.807) is 18.9 Å². The molecule has 0 radical (unpaired) electrons. The van der Waals surface area contributed by atoms with Crippen LogP contribution in [0.4, 0.5) is 10.5 Å². The molecule has 1 spiro atoms. The van der Waals surface area contributed by atoms with Crippen LogP contribution in [0.1, 0.15) is 24.0 Å². The highest BCUT2D eigenvalue weighted by Crippen LogP contribution is 2.35. The standard InChI is InChI=1S/C23H26N4O2S/c1-16-6-4-5-7-19(16)24-22(28)27-14-12-23(13-15-27)25-20(21(26-23)30-3)17-8-10-18(29-2)11-9-17/h4-11H,12-15H2,1-3H3,(H,24,28). The number of anilines is 1. The van der Waals surface area contributed by atoms with Gasteiger partial charge in [0.25, 0.3) is 0 Å². The molecule has 1 N–H and O–H groups in total. The number of methoxy groups -OCH3 is 1. The highest BCUT2D eigenvalue weighted by molar-refractivity contribution is 8.15. The zero-order chi connectivity index (χ0) is 21.1. The Hall–Kier alpha value is -2.80. The number of carbonyl (C=O) groups is 1. The summed E-state index contributed by atoms with van der Waals surface area (Å²) in [6.45, 7) is 3.25. The minimum Gasteiger partial charge on any atom is -0.497 e. The van der Waals surface area contributed by atoms with E-state index in [1.165, 1.54) is 0 Å². The Balaban J connectivity index is 1.46. The van der Waals surface area contributed by atoms with Crippen molar-refractivity contribution in [1.82, 2.24) is 4.90 Å². The molecule has 2 heterocycles. The van der Waals surface area contributed by atoms with E-state index < -0.39 is 5.66 Å². The van der Waals surface area contributed by atoms with Crippen LogP contribution in [0.15, 0.2) is 58.5 Å². The van der Waals surface area contributed by atoms with Crippen LogP contribution in [-0.4, -0.2) is 53.8 Å². The highest BCUT2D eigenvalue weighted by Gasteiger charge is 2.40. The maximum atomic E-state index is 12.7. The number of hydrogen-bond donors (Lipinski definition) is 1. The van der Waals surface area contributed by atoms with Gasteiger partial charge in [-0.05, 0) is 49.1 Å². The summed E-state index contributed by atoms with van der Waals surface area (Å²) < 4.78 is 5.26. The number of para-hydroxylation sites is 1. The number of piperidine rings is 1. The van der Waals surface area contributed by atoms with Crippen LogP contribution < -0.4 is 10.1 Å². The number of aliphatic imine (C=N–C) groups is 2. The van der Waals surface area contributed by atoms with Crippen molar-refractivity contribution in [2.45, 2.75) is 25.4 Å². The number of rotatable bonds is 3. The lowest BCUT2D eigenvalue weighted by Gasteiger charge is -2.35. The van der Waals surface area contributed by atoms with Crippen LogP contribution in [-0.2, 0) is 0 Å². The largest absolute Gasteiger partial charge is 0.497 e. The highest BCUT2D eigenvalue weighted by atomic mass is 32.2. The molecule has 0 bridgehead atoms. The van der Waals surface area contributed by atoms with E-state index in [4.69, 9.17) is 14.7 Å². The summed E-state index contributed by atoms with van der Waals surface area (Å²) in [6, 6.07) is 15.7. The quantitative estimate of drug-likeness (QED) is 0.787. The Labute approximate surface area is 181 Å². The van der Waals surface area contributed by atoms with E-state index in [0.717, 1.165) is 46.2 Å². The van der Waals surface area contributed by atoms with Crippen molar-refractivity contribution in [3.8, 4) is 5.75 Å². The number of hydrogen-bond acceptors (Lipinski definition) is 5. The van der Waals surface area contributed by atoms with Gasteiger partial charge >= 0.3 is 6.03 Å². The molecule has 2 aliphatic rings. The lowest BCUT2D eigenvalue weighted by molar-refractivity contribution is 0.175. The first-order valence-electron chi connectivity index (χ1n) is 10.0. The van der Waals surface area contributed by atoms with Crippen LogP contribution >= 0.6 is 11.8 Å². The minimum atomic E-state index is -0.465. The lowest BCUT2D eigenvalue weighted by atomic mass is 9.98. The van der Waals surface area contributed by atoms with Gasteiger partial charge in [0.15, 0.2) is 5.66 Å². The average molecular weight is 423 g/mol. The second-order valence-corrected chi connectivity index (χ2v) is 8.32. The van der Waals surface area contributed by atoms with Crippen LogP contribution in [0.25, 0.3) is 0 Å². The molecule has 0 saturated carbocycles. The summed E-state index contributed by atoms with van der Waals surface area (Å²) in [7, 11) is 1.66. The molecule has 2 aliphatic heterocycles. The molecule has 156 valence electrons. The number of benzene rings is 2. The second kappa shape index (κ2) is 8.52. The van der Waals surface area contributed by atoms with Crippen molar-refractivity contribution in [2.24, 2.45) is 9.98 Å². The average Bonchev–Trinajstić information content (AvgIpc) is 3.14. The molecule has 2 amide bonds. The first kappa shape index (κ1) is 20.5. The van der Waals surface area contributed by atoms with E-state index in [0.29, 0.717) is 13.1 Å². The van der Waals surface area contributed by atoms with Crippen molar-refractivity contribution in [2.75, 3.05) is 31.8 Å². The number of nitrogens with one attached hydrogen (secondary N) is 1. The van der Waals surface area contributed by atoms with Gasteiger partial charge in [-0.25, -0.2) is 9.79 Å². The lowest BCUT2D eigenvalue weighted by Crippen LogP contribution is -2.46. The van der Waals surface area contributed by atoms with Gasteiger partial charge in [0.2, 0.25) is 0 Å². The van der Waals surface area contributed by atoms with Crippen molar-refractivity contribution in [1.29, 1.82) is 0 Å². The van der Waals surface area contributed by atoms with Crippen molar-refractivity contribution < 1.29 is 9.53 Å². The van der Waals surface area contributed by atoms with E-state index in [-0.39, 0.29) is 6.03 Å². The van der Waals surface area contributed by atoms with Gasteiger partial charge in [-0.3, -0.25) is 4.99 Å². The van der Waals surface area contributed by atoms with E-state index in [9.17, 15) is 4.79 Å². The number of thioether (sulfide) groups is 1. The molecule has 0 aliphatic carbocycles. The Bertz CT molecular complexity index is 993. The number of urea groups is 1. The first-order valence-corrected chi connectivity index (χ1v) is 11.3. The maximum absolute atomic E-state index is 12.7. The third-order valence-electron chi connectivity index (χ3n) is 5.63. The third-order valence-corrected chi connectivity index (χ3v) is 6.30. The molecule has 4 rings (SSSR count). The number of aryl methyl sites for hydroxylation is 1. The van der Waals surface area contributed by atoms with E-state index in [2.05, 4.69) is 5.32 Å². The van der Waals surface area contributed by atoms with Gasteiger partial charge in [-0.2, -0.15) is 0 Å². The predicted molar refractivity (Wildman–Crippen MR) is 124 cm³/mol. The predicted octanol–water partition coefficient (Wildman–Crippen LogP) is 4.59. The summed E-state index contributed by atoms with van der Waals surface area (Å²) >= 11 is 1.62. The summed E-state index contributed by atoms with van der Waals surface area (Å²) in [5.74, 6) is 0.822. The Morgan fingerprint density at radius 1 is 1.10 bits per heavy atom. The SMILES string of the molecule is COc1ccc(C2=NC3(CCN(C(=O)Nc4ccccc4C)CC3)N=C2SC)cc1. The summed E-state index contributed by atoms with van der Waals surface area (Å²) in [6.07, 6.45) is 3.47. The van der Waals surface area contributed by atoms with Gasteiger partial charge in [0.05, 0.1) is 12.8 Å². The molecule has 6 nitrogen and oxygen atoms in total. The van der Waals surface area contributed by atoms with Crippen molar-refractivity contribution >= 4 is 34.2 Å². The monoisotopic (exact) mass is 422 g/mol. The summed E-state index contributed by atoms with van der Waals surface area (Å²) in [4.78, 5) is 24.6. The molecular weight excluding hydrogens is 396 g/mol. The molecule has 2 aromatic carbocycles. The topological polar surface area (TPSA) is 66.3 Å². The molecule has 2 aromatic rings. The van der Waals surface area contributed by atoms with Crippen molar-refractivity contribution in [3.63, 3.8) is 0 Å². The molecule has 0 aromatic heterocycles. The van der Waals surface area contributed by atoms with E-state index in [1.807, 2.05) is 66.6 Å². The second-order valence-electron chi connectivity index (χ2n) is 7.52. The van der Waals surface area contributed by atoms with Crippen LogP contribution in [0.5, 0.6) is 5.75 Å². The molecule has 30 heavy (non-hydrogen) atoms.